The van der Waals surface area contributed by atoms with Crippen molar-refractivity contribution in [2.75, 3.05) is 18.9 Å². The first-order valence-corrected chi connectivity index (χ1v) is 12.3. The van der Waals surface area contributed by atoms with Crippen molar-refractivity contribution in [2.24, 2.45) is 0 Å². The molecule has 18 nitrogen and oxygen atoms in total. The molecule has 0 saturated carbocycles. The minimum Gasteiger partial charge on any atom is -0.477 e. The van der Waals surface area contributed by atoms with E-state index in [1.807, 2.05) is 0 Å². The van der Waals surface area contributed by atoms with Gasteiger partial charge in [0.2, 0.25) is 0 Å². The van der Waals surface area contributed by atoms with Crippen molar-refractivity contribution in [3.8, 4) is 0 Å². The lowest BCUT2D eigenvalue weighted by atomic mass is 9.92. The second-order valence-corrected chi connectivity index (χ2v) is 9.87. The van der Waals surface area contributed by atoms with Crippen LogP contribution in [0.5, 0.6) is 0 Å². The molecule has 10 atom stereocenters. The van der Waals surface area contributed by atoms with E-state index in [1.165, 1.54) is 6.07 Å². The van der Waals surface area contributed by atoms with E-state index >= 15 is 0 Å². The Hall–Kier alpha value is -2.06. The first-order chi connectivity index (χ1) is 17.2. The third kappa shape index (κ3) is 6.51. The smallest absolute Gasteiger partial charge is 0.475 e. The summed E-state index contributed by atoms with van der Waals surface area (Å²) in [6.07, 6.45) is -13.6. The summed E-state index contributed by atoms with van der Waals surface area (Å²) in [5, 5.41) is 68.9. The molecule has 2 fully saturated rings. The monoisotopic (exact) mass is 557 g/mol. The Bertz CT molecular complexity index is 1070. The zero-order valence-corrected chi connectivity index (χ0v) is 19.9. The average Bonchev–Trinajstić information content (AvgIpc) is 3.09. The second-order valence-electron chi connectivity index (χ2n) is 8.49. The fraction of sp³-hybridized carbons (Fsp3) is 0.722. The van der Waals surface area contributed by atoms with Gasteiger partial charge in [0.05, 0.1) is 31.5 Å². The number of nitrogens with two attached hydrogens (primary N) is 1. The molecule has 0 aromatic carbocycles. The number of aliphatic hydroxyl groups excluding tert-OH is 6. The number of rotatable bonds is 10. The van der Waals surface area contributed by atoms with E-state index in [0.29, 0.717) is 0 Å². The summed E-state index contributed by atoms with van der Waals surface area (Å²) in [7, 11) is -5.38. The predicted molar refractivity (Wildman–Crippen MR) is 115 cm³/mol. The van der Waals surface area contributed by atoms with Crippen molar-refractivity contribution in [3.63, 3.8) is 0 Å². The predicted octanol–water partition coefficient (Wildman–Crippen LogP) is -4.39. The van der Waals surface area contributed by atoms with Crippen LogP contribution in [0.2, 0.25) is 0 Å². The minimum atomic E-state index is -5.38. The zero-order valence-electron chi connectivity index (χ0n) is 19.0. The van der Waals surface area contributed by atoms with Gasteiger partial charge in [-0.05, 0) is 6.07 Å². The molecule has 3 rings (SSSR count). The number of carboxylic acid groups (broad SMARTS) is 1. The maximum Gasteiger partial charge on any atom is 0.475 e. The molecule has 10 N–H and O–H groups in total. The number of aliphatic hydroxyl groups is 6. The van der Waals surface area contributed by atoms with Crippen LogP contribution in [0, 0.1) is 0 Å². The van der Waals surface area contributed by atoms with E-state index in [-0.39, 0.29) is 5.82 Å². The highest BCUT2D eigenvalue weighted by atomic mass is 31.2. The van der Waals surface area contributed by atoms with Gasteiger partial charge in [0.15, 0.2) is 6.23 Å². The molecule has 0 bridgehead atoms. The Labute approximate surface area is 207 Å². The maximum absolute atomic E-state index is 12.6. The number of carbonyl (C=O) groups is 1. The van der Waals surface area contributed by atoms with Gasteiger partial charge in [-0.1, -0.05) is 0 Å². The highest BCUT2D eigenvalue weighted by Gasteiger charge is 2.56. The normalized spacial score (nSPS) is 36.7. The highest BCUT2D eigenvalue weighted by Crippen LogP contribution is 2.51. The molecule has 0 radical (unpaired) electrons. The Morgan fingerprint density at radius 2 is 1.95 bits per heavy atom. The number of nitrogens with zero attached hydrogens (tertiary/aromatic N) is 2. The van der Waals surface area contributed by atoms with Crippen molar-refractivity contribution in [2.45, 2.75) is 67.6 Å². The van der Waals surface area contributed by atoms with Crippen LogP contribution in [0.4, 0.5) is 5.82 Å². The first kappa shape index (κ1) is 29.5. The van der Waals surface area contributed by atoms with E-state index in [9.17, 15) is 49.7 Å². The molecular formula is C18H28N3O15P. The molecule has 2 aliphatic heterocycles. The minimum absolute atomic E-state index is 0.115. The summed E-state index contributed by atoms with van der Waals surface area (Å²) in [6.45, 7) is -1.74. The van der Waals surface area contributed by atoms with Crippen LogP contribution in [-0.2, 0) is 27.9 Å². The van der Waals surface area contributed by atoms with E-state index in [0.717, 1.165) is 10.8 Å². The Kier molecular flexibility index (Phi) is 9.05. The lowest BCUT2D eigenvalue weighted by Gasteiger charge is -2.43. The molecule has 2 aliphatic rings. The fourth-order valence-electron chi connectivity index (χ4n) is 3.87. The molecule has 1 aromatic heterocycles. The van der Waals surface area contributed by atoms with Crippen molar-refractivity contribution in [3.05, 3.63) is 22.7 Å². The topological polar surface area (TPSA) is 294 Å². The van der Waals surface area contributed by atoms with Crippen LogP contribution in [0.3, 0.4) is 0 Å². The second kappa shape index (κ2) is 11.4. The van der Waals surface area contributed by atoms with E-state index in [4.69, 9.17) is 29.4 Å². The SMILES string of the molecule is Nc1ccn(C2OC(COP(=O)(O)OC3(C(=O)O)CC(O)C(O)C(CC(O)CO)O3)C(O)C2O)c(=O)n1. The molecule has 19 heteroatoms. The largest absolute Gasteiger partial charge is 0.477 e. The molecule has 0 aliphatic carbocycles. The first-order valence-electron chi connectivity index (χ1n) is 10.8. The molecule has 0 amide bonds. The number of phosphoric ester groups is 1. The quantitative estimate of drug-likeness (QED) is 0.123. The summed E-state index contributed by atoms with van der Waals surface area (Å²) >= 11 is 0. The van der Waals surface area contributed by atoms with Gasteiger partial charge in [-0.2, -0.15) is 4.98 Å². The number of hydrogen-bond acceptors (Lipinski definition) is 15. The zero-order chi connectivity index (χ0) is 27.7. The summed E-state index contributed by atoms with van der Waals surface area (Å²) in [5.41, 5.74) is 4.48. The Morgan fingerprint density at radius 3 is 2.54 bits per heavy atom. The van der Waals surface area contributed by atoms with Crippen molar-refractivity contribution < 1.29 is 68.5 Å². The van der Waals surface area contributed by atoms with Crippen LogP contribution in [-0.4, -0.2) is 118 Å². The van der Waals surface area contributed by atoms with Crippen LogP contribution >= 0.6 is 7.82 Å². The van der Waals surface area contributed by atoms with Gasteiger partial charge in [0.1, 0.15) is 30.2 Å². The lowest BCUT2D eigenvalue weighted by molar-refractivity contribution is -0.291. The molecule has 210 valence electrons. The Morgan fingerprint density at radius 1 is 1.27 bits per heavy atom. The number of ether oxygens (including phenoxy) is 2. The van der Waals surface area contributed by atoms with Crippen LogP contribution in [0.15, 0.2) is 17.1 Å². The van der Waals surface area contributed by atoms with Crippen molar-refractivity contribution in [1.29, 1.82) is 0 Å². The summed E-state index contributed by atoms with van der Waals surface area (Å²) in [4.78, 5) is 37.6. The summed E-state index contributed by atoms with van der Waals surface area (Å²) in [6, 6.07) is 1.22. The summed E-state index contributed by atoms with van der Waals surface area (Å²) in [5.74, 6) is -5.12. The average molecular weight is 557 g/mol. The van der Waals surface area contributed by atoms with Crippen LogP contribution < -0.4 is 11.4 Å². The van der Waals surface area contributed by atoms with Gasteiger partial charge in [0.25, 0.3) is 5.79 Å². The molecule has 0 spiro atoms. The van der Waals surface area contributed by atoms with Gasteiger partial charge in [-0.15, -0.1) is 0 Å². The summed E-state index contributed by atoms with van der Waals surface area (Å²) < 4.78 is 33.4. The standard InChI is InChI=1S/C18H28N3O15P/c19-11-1-2-21(17(30)20-11)15-14(27)13(26)10(34-15)6-33-37(31,32)36-18(16(28)29)4-8(24)12(25)9(35-18)3-7(23)5-22/h1-2,7-10,12-15,22-27H,3-6H2,(H,28,29)(H,31,32)(H2,19,20,30). The number of anilines is 1. The number of aliphatic carboxylic acids is 1. The van der Waals surface area contributed by atoms with Gasteiger partial charge in [-0.25, -0.2) is 18.7 Å². The van der Waals surface area contributed by atoms with Gasteiger partial charge in [-0.3, -0.25) is 9.09 Å². The third-order valence-corrected chi connectivity index (χ3v) is 6.76. The molecule has 2 saturated heterocycles. The molecular weight excluding hydrogens is 529 g/mol. The molecule has 1 aromatic rings. The van der Waals surface area contributed by atoms with E-state index in [2.05, 4.69) is 4.98 Å². The number of aromatic nitrogens is 2. The fourth-order valence-corrected chi connectivity index (χ4v) is 4.82. The van der Waals surface area contributed by atoms with Gasteiger partial charge in [0, 0.05) is 19.0 Å². The van der Waals surface area contributed by atoms with Crippen molar-refractivity contribution in [1.82, 2.24) is 9.55 Å². The number of phosphoric acid groups is 1. The number of hydrogen-bond donors (Lipinski definition) is 9. The highest BCUT2D eigenvalue weighted by molar-refractivity contribution is 7.47. The lowest BCUT2D eigenvalue weighted by Crippen LogP contribution is -2.59. The molecule has 37 heavy (non-hydrogen) atoms. The Balaban J connectivity index is 1.72. The van der Waals surface area contributed by atoms with E-state index in [1.54, 1.807) is 0 Å². The van der Waals surface area contributed by atoms with Crippen LogP contribution in [0.1, 0.15) is 19.1 Å². The van der Waals surface area contributed by atoms with Crippen LogP contribution in [0.25, 0.3) is 0 Å². The maximum atomic E-state index is 12.6. The van der Waals surface area contributed by atoms with Gasteiger partial charge >= 0.3 is 19.5 Å². The third-order valence-electron chi connectivity index (χ3n) is 5.76. The molecule has 10 unspecified atom stereocenters. The number of nitrogen functional groups attached to an aromatic ring is 1. The number of carboxylic acids is 1. The molecule has 3 heterocycles. The van der Waals surface area contributed by atoms with Crippen molar-refractivity contribution >= 4 is 19.6 Å². The van der Waals surface area contributed by atoms with E-state index < -0.39 is 100 Å². The van der Waals surface area contributed by atoms with Gasteiger partial charge < -0.3 is 55.8 Å².